The molecule has 17 heavy (non-hydrogen) atoms. The van der Waals surface area contributed by atoms with E-state index in [9.17, 15) is 0 Å². The van der Waals surface area contributed by atoms with Gasteiger partial charge in [0.15, 0.2) is 0 Å². The summed E-state index contributed by atoms with van der Waals surface area (Å²) in [5.41, 5.74) is 2.74. The number of aryl methyl sites for hydroxylation is 2. The number of aromatic nitrogens is 1. The lowest BCUT2D eigenvalue weighted by molar-refractivity contribution is 0.572. The maximum absolute atomic E-state index is 4.88. The quantitative estimate of drug-likeness (QED) is 0.788. The third-order valence-corrected chi connectivity index (χ3v) is 3.60. The van der Waals surface area contributed by atoms with E-state index >= 15 is 0 Å². The van der Waals surface area contributed by atoms with E-state index in [2.05, 4.69) is 30.9 Å². The van der Waals surface area contributed by atoms with Crippen molar-refractivity contribution in [2.45, 2.75) is 52.4 Å². The zero-order valence-electron chi connectivity index (χ0n) is 11.2. The van der Waals surface area contributed by atoms with Crippen LogP contribution in [0, 0.1) is 0 Å². The molecule has 94 valence electrons. The molecule has 1 aromatic heterocycles. The Hall–Kier alpha value is -1.05. The van der Waals surface area contributed by atoms with Gasteiger partial charge in [-0.25, -0.2) is 4.98 Å². The van der Waals surface area contributed by atoms with Crippen molar-refractivity contribution in [3.63, 3.8) is 0 Å². The van der Waals surface area contributed by atoms with Crippen molar-refractivity contribution in [2.75, 3.05) is 18.0 Å². The second-order valence-corrected chi connectivity index (χ2v) is 4.93. The van der Waals surface area contributed by atoms with Crippen LogP contribution in [0.2, 0.25) is 0 Å². The number of rotatable bonds is 4. The minimum atomic E-state index is 1.10. The summed E-state index contributed by atoms with van der Waals surface area (Å²) < 4.78 is 0. The Balaban J connectivity index is 2.19. The summed E-state index contributed by atoms with van der Waals surface area (Å²) in [4.78, 5) is 7.33. The third-order valence-electron chi connectivity index (χ3n) is 3.60. The molecule has 0 amide bonds. The van der Waals surface area contributed by atoms with Crippen molar-refractivity contribution in [3.8, 4) is 0 Å². The summed E-state index contributed by atoms with van der Waals surface area (Å²) in [6.07, 6.45) is 7.42. The molecule has 1 fully saturated rings. The van der Waals surface area contributed by atoms with Crippen LogP contribution < -0.4 is 4.90 Å². The van der Waals surface area contributed by atoms with Crippen LogP contribution in [0.3, 0.4) is 0 Å². The highest BCUT2D eigenvalue weighted by molar-refractivity contribution is 5.42. The number of anilines is 1. The predicted molar refractivity (Wildman–Crippen MR) is 73.7 cm³/mol. The molecule has 0 aliphatic carbocycles. The molecular formula is C15H24N2. The molecule has 1 saturated heterocycles. The fourth-order valence-corrected chi connectivity index (χ4v) is 2.59. The van der Waals surface area contributed by atoms with E-state index in [0.717, 1.165) is 12.8 Å². The third kappa shape index (κ3) is 2.99. The maximum atomic E-state index is 4.88. The van der Waals surface area contributed by atoms with E-state index in [1.54, 1.807) is 0 Å². The van der Waals surface area contributed by atoms with Gasteiger partial charge in [0, 0.05) is 18.8 Å². The summed E-state index contributed by atoms with van der Waals surface area (Å²) >= 11 is 0. The van der Waals surface area contributed by atoms with Gasteiger partial charge < -0.3 is 4.90 Å². The fourth-order valence-electron chi connectivity index (χ4n) is 2.59. The Morgan fingerprint density at radius 1 is 1.12 bits per heavy atom. The number of hydrogen-bond acceptors (Lipinski definition) is 2. The second kappa shape index (κ2) is 6.04. The van der Waals surface area contributed by atoms with Crippen molar-refractivity contribution >= 4 is 5.82 Å². The molecule has 0 bridgehead atoms. The van der Waals surface area contributed by atoms with Gasteiger partial charge >= 0.3 is 0 Å². The van der Waals surface area contributed by atoms with Gasteiger partial charge in [0.1, 0.15) is 5.82 Å². The zero-order valence-corrected chi connectivity index (χ0v) is 11.2. The Labute approximate surface area is 105 Å². The number of piperidine rings is 1. The van der Waals surface area contributed by atoms with Crippen molar-refractivity contribution in [3.05, 3.63) is 23.4 Å². The lowest BCUT2D eigenvalue weighted by atomic mass is 10.1. The van der Waals surface area contributed by atoms with Crippen molar-refractivity contribution in [2.24, 2.45) is 0 Å². The number of pyridine rings is 1. The van der Waals surface area contributed by atoms with Crippen LogP contribution >= 0.6 is 0 Å². The molecule has 0 N–H and O–H groups in total. The van der Waals surface area contributed by atoms with Crippen LogP contribution in [0.4, 0.5) is 5.82 Å². The monoisotopic (exact) mass is 232 g/mol. The summed E-state index contributed by atoms with van der Waals surface area (Å²) in [5.74, 6) is 1.20. The van der Waals surface area contributed by atoms with Gasteiger partial charge in [-0.2, -0.15) is 0 Å². The normalized spacial score (nSPS) is 16.2. The Morgan fingerprint density at radius 2 is 1.88 bits per heavy atom. The largest absolute Gasteiger partial charge is 0.357 e. The molecule has 1 aliphatic rings. The van der Waals surface area contributed by atoms with Crippen molar-refractivity contribution < 1.29 is 0 Å². The van der Waals surface area contributed by atoms with Crippen LogP contribution in [0.25, 0.3) is 0 Å². The smallest absolute Gasteiger partial charge is 0.128 e. The van der Waals surface area contributed by atoms with Crippen LogP contribution in [-0.2, 0) is 12.8 Å². The minimum Gasteiger partial charge on any atom is -0.357 e. The number of nitrogens with zero attached hydrogens (tertiary/aromatic N) is 2. The van der Waals surface area contributed by atoms with Gasteiger partial charge in [0.2, 0.25) is 0 Å². The molecular weight excluding hydrogens is 208 g/mol. The highest BCUT2D eigenvalue weighted by Crippen LogP contribution is 2.20. The lowest BCUT2D eigenvalue weighted by Crippen LogP contribution is -2.30. The molecule has 0 aromatic carbocycles. The molecule has 0 atom stereocenters. The van der Waals surface area contributed by atoms with Crippen LogP contribution in [0.5, 0.6) is 0 Å². The van der Waals surface area contributed by atoms with E-state index in [1.807, 2.05) is 0 Å². The SMILES string of the molecule is CCCc1nc(N2CCCCC2)ccc1CC. The highest BCUT2D eigenvalue weighted by atomic mass is 15.2. The zero-order chi connectivity index (χ0) is 12.1. The van der Waals surface area contributed by atoms with E-state index in [-0.39, 0.29) is 0 Å². The van der Waals surface area contributed by atoms with Crippen LogP contribution in [0.15, 0.2) is 12.1 Å². The van der Waals surface area contributed by atoms with Crippen LogP contribution in [-0.4, -0.2) is 18.1 Å². The van der Waals surface area contributed by atoms with Gasteiger partial charge in [-0.3, -0.25) is 0 Å². The molecule has 1 aromatic rings. The molecule has 0 radical (unpaired) electrons. The first-order valence-electron chi connectivity index (χ1n) is 7.09. The Kier molecular flexibility index (Phi) is 4.41. The maximum Gasteiger partial charge on any atom is 0.128 e. The Bertz CT molecular complexity index is 354. The van der Waals surface area contributed by atoms with Gasteiger partial charge in [0.05, 0.1) is 0 Å². The Morgan fingerprint density at radius 3 is 2.53 bits per heavy atom. The summed E-state index contributed by atoms with van der Waals surface area (Å²) in [7, 11) is 0. The van der Waals surface area contributed by atoms with Crippen LogP contribution in [0.1, 0.15) is 50.8 Å². The molecule has 0 spiro atoms. The fraction of sp³-hybridized carbons (Fsp3) is 0.667. The van der Waals surface area contributed by atoms with Gasteiger partial charge in [-0.15, -0.1) is 0 Å². The second-order valence-electron chi connectivity index (χ2n) is 4.93. The molecule has 2 heterocycles. The molecule has 0 saturated carbocycles. The summed E-state index contributed by atoms with van der Waals surface area (Å²) in [5, 5.41) is 0. The van der Waals surface area contributed by atoms with Gasteiger partial charge in [0.25, 0.3) is 0 Å². The highest BCUT2D eigenvalue weighted by Gasteiger charge is 2.13. The molecule has 1 aliphatic heterocycles. The van der Waals surface area contributed by atoms with Crippen molar-refractivity contribution in [1.29, 1.82) is 0 Å². The standard InChI is InChI=1S/C15H24N2/c1-3-8-14-13(4-2)9-10-15(16-14)17-11-6-5-7-12-17/h9-10H,3-8,11-12H2,1-2H3. The number of hydrogen-bond donors (Lipinski definition) is 0. The summed E-state index contributed by atoms with van der Waals surface area (Å²) in [6.45, 7) is 6.82. The van der Waals surface area contributed by atoms with Crippen molar-refractivity contribution in [1.82, 2.24) is 4.98 Å². The van der Waals surface area contributed by atoms with E-state index in [0.29, 0.717) is 0 Å². The molecule has 2 nitrogen and oxygen atoms in total. The predicted octanol–water partition coefficient (Wildman–Crippen LogP) is 3.59. The summed E-state index contributed by atoms with van der Waals surface area (Å²) in [6, 6.07) is 4.49. The minimum absolute atomic E-state index is 1.10. The first kappa shape index (κ1) is 12.4. The van der Waals surface area contributed by atoms with Gasteiger partial charge in [-0.05, 0) is 43.7 Å². The molecule has 2 heteroatoms. The van der Waals surface area contributed by atoms with E-state index in [1.165, 1.54) is 55.8 Å². The average Bonchev–Trinajstić information content (AvgIpc) is 2.40. The first-order valence-corrected chi connectivity index (χ1v) is 7.09. The van der Waals surface area contributed by atoms with E-state index in [4.69, 9.17) is 4.98 Å². The topological polar surface area (TPSA) is 16.1 Å². The van der Waals surface area contributed by atoms with E-state index < -0.39 is 0 Å². The van der Waals surface area contributed by atoms with Gasteiger partial charge in [-0.1, -0.05) is 26.3 Å². The molecule has 2 rings (SSSR count). The molecule has 0 unspecified atom stereocenters. The first-order chi connectivity index (χ1) is 8.35. The lowest BCUT2D eigenvalue weighted by Gasteiger charge is -2.28. The average molecular weight is 232 g/mol.